The van der Waals surface area contributed by atoms with Crippen molar-refractivity contribution < 1.29 is 14.6 Å². The molecule has 1 heterocycles. The lowest BCUT2D eigenvalue weighted by atomic mass is 9.99. The molecule has 1 aliphatic rings. The highest BCUT2D eigenvalue weighted by molar-refractivity contribution is 5.88. The van der Waals surface area contributed by atoms with Gasteiger partial charge in [-0.15, -0.1) is 0 Å². The number of carbonyl (C=O) groups is 1. The summed E-state index contributed by atoms with van der Waals surface area (Å²) in [6.45, 7) is 6.82. The number of aliphatic hydroxyl groups excluding tert-OH is 1. The van der Waals surface area contributed by atoms with Crippen molar-refractivity contribution in [2.75, 3.05) is 31.6 Å². The predicted molar refractivity (Wildman–Crippen MR) is 87.1 cm³/mol. The lowest BCUT2D eigenvalue weighted by Gasteiger charge is -2.31. The third kappa shape index (κ3) is 5.66. The first-order valence-corrected chi connectivity index (χ1v) is 7.94. The summed E-state index contributed by atoms with van der Waals surface area (Å²) in [4.78, 5) is 13.2. The number of hydrogen-bond donors (Lipinski definition) is 2. The van der Waals surface area contributed by atoms with Crippen LogP contribution in [0.2, 0.25) is 0 Å². The molecule has 0 aromatic heterocycles. The first kappa shape index (κ1) is 16.8. The summed E-state index contributed by atoms with van der Waals surface area (Å²) in [5, 5.41) is 12.8. The quantitative estimate of drug-likeness (QED) is 0.845. The summed E-state index contributed by atoms with van der Waals surface area (Å²) < 4.78 is 5.60. The fourth-order valence-electron chi connectivity index (χ4n) is 2.63. The minimum atomic E-state index is -0.483. The van der Waals surface area contributed by atoms with E-state index in [1.807, 2.05) is 0 Å². The Balaban J connectivity index is 1.71. The Hall–Kier alpha value is -1.59. The van der Waals surface area contributed by atoms with Gasteiger partial charge in [0.25, 0.3) is 0 Å². The monoisotopic (exact) mass is 306 g/mol. The van der Waals surface area contributed by atoms with E-state index >= 15 is 0 Å². The molecular formula is C17H26N2O3. The van der Waals surface area contributed by atoms with E-state index in [0.29, 0.717) is 12.3 Å². The second-order valence-corrected chi connectivity index (χ2v) is 6.15. The molecule has 22 heavy (non-hydrogen) atoms. The average Bonchev–Trinajstić information content (AvgIpc) is 2.48. The van der Waals surface area contributed by atoms with E-state index < -0.39 is 6.10 Å². The summed E-state index contributed by atoms with van der Waals surface area (Å²) in [6.07, 6.45) is 1.93. The minimum absolute atomic E-state index is 0.0973. The number of nitrogens with one attached hydrogen (secondary N) is 1. The maximum absolute atomic E-state index is 10.9. The lowest BCUT2D eigenvalue weighted by molar-refractivity contribution is -0.114. The zero-order chi connectivity index (χ0) is 15.9. The second kappa shape index (κ2) is 8.15. The summed E-state index contributed by atoms with van der Waals surface area (Å²) in [5.74, 6) is 1.40. The van der Waals surface area contributed by atoms with Crippen LogP contribution in [0.4, 0.5) is 5.69 Å². The zero-order valence-electron chi connectivity index (χ0n) is 13.4. The van der Waals surface area contributed by atoms with Crippen molar-refractivity contribution in [2.24, 2.45) is 5.92 Å². The van der Waals surface area contributed by atoms with Crippen molar-refractivity contribution >= 4 is 11.6 Å². The van der Waals surface area contributed by atoms with Gasteiger partial charge in [-0.25, -0.2) is 0 Å². The molecule has 1 aliphatic heterocycles. The molecule has 1 aromatic rings. The number of rotatable bonds is 6. The van der Waals surface area contributed by atoms with Gasteiger partial charge >= 0.3 is 0 Å². The van der Waals surface area contributed by atoms with Gasteiger partial charge < -0.3 is 20.1 Å². The number of carbonyl (C=O) groups excluding carboxylic acids is 1. The van der Waals surface area contributed by atoms with E-state index in [4.69, 9.17) is 4.74 Å². The van der Waals surface area contributed by atoms with E-state index in [2.05, 4.69) is 17.1 Å². The van der Waals surface area contributed by atoms with Crippen LogP contribution in [0.15, 0.2) is 24.3 Å². The van der Waals surface area contributed by atoms with Gasteiger partial charge in [0.1, 0.15) is 18.5 Å². The lowest BCUT2D eigenvalue weighted by Crippen LogP contribution is -2.40. The third-order valence-electron chi connectivity index (χ3n) is 3.96. The van der Waals surface area contributed by atoms with Crippen LogP contribution < -0.4 is 10.1 Å². The molecule has 1 amide bonds. The number of aliphatic hydroxyl groups is 1. The van der Waals surface area contributed by atoms with Gasteiger partial charge in [0, 0.05) is 19.2 Å². The molecule has 5 heteroatoms. The van der Waals surface area contributed by atoms with Gasteiger partial charge in [0.05, 0.1) is 0 Å². The Bertz CT molecular complexity index is 467. The van der Waals surface area contributed by atoms with Crippen LogP contribution in [-0.2, 0) is 4.79 Å². The largest absolute Gasteiger partial charge is 0.491 e. The Morgan fingerprint density at radius 2 is 2.00 bits per heavy atom. The van der Waals surface area contributed by atoms with Crippen molar-refractivity contribution in [1.29, 1.82) is 0 Å². The minimum Gasteiger partial charge on any atom is -0.491 e. The molecule has 5 nitrogen and oxygen atoms in total. The standard InChI is InChI=1S/C17H26N2O3/c1-13-7-9-19(10-8-13)11-16(21)12-22-17-5-3-15(4-6-17)18-14(2)20/h3-6,13,16,21H,7-12H2,1-2H3,(H,18,20). The molecule has 2 N–H and O–H groups in total. The summed E-state index contributed by atoms with van der Waals surface area (Å²) in [6, 6.07) is 7.16. The van der Waals surface area contributed by atoms with E-state index in [-0.39, 0.29) is 12.5 Å². The van der Waals surface area contributed by atoms with Gasteiger partial charge in [0.15, 0.2) is 0 Å². The Morgan fingerprint density at radius 3 is 2.59 bits per heavy atom. The molecule has 2 rings (SSSR count). The predicted octanol–water partition coefficient (Wildman–Crippen LogP) is 2.12. The molecule has 1 unspecified atom stereocenters. The molecule has 0 spiro atoms. The summed E-state index contributed by atoms with van der Waals surface area (Å²) in [5.41, 5.74) is 0.739. The molecule has 0 saturated carbocycles. The molecule has 0 bridgehead atoms. The van der Waals surface area contributed by atoms with Gasteiger partial charge in [-0.2, -0.15) is 0 Å². The molecule has 1 saturated heterocycles. The molecule has 1 aromatic carbocycles. The van der Waals surface area contributed by atoms with Crippen molar-refractivity contribution in [3.8, 4) is 5.75 Å². The first-order chi connectivity index (χ1) is 10.5. The van der Waals surface area contributed by atoms with E-state index in [1.54, 1.807) is 24.3 Å². The number of ether oxygens (including phenoxy) is 1. The zero-order valence-corrected chi connectivity index (χ0v) is 13.4. The van der Waals surface area contributed by atoms with Gasteiger partial charge in [-0.3, -0.25) is 4.79 Å². The molecule has 122 valence electrons. The van der Waals surface area contributed by atoms with Crippen LogP contribution in [0.3, 0.4) is 0 Å². The van der Waals surface area contributed by atoms with Crippen molar-refractivity contribution in [3.63, 3.8) is 0 Å². The summed E-state index contributed by atoms with van der Waals surface area (Å²) >= 11 is 0. The highest BCUT2D eigenvalue weighted by Crippen LogP contribution is 2.17. The number of piperidine rings is 1. The number of likely N-dealkylation sites (tertiary alicyclic amines) is 1. The van der Waals surface area contributed by atoms with Crippen molar-refractivity contribution in [3.05, 3.63) is 24.3 Å². The normalized spacial score (nSPS) is 18.0. The van der Waals surface area contributed by atoms with E-state index in [1.165, 1.54) is 19.8 Å². The van der Waals surface area contributed by atoms with Crippen LogP contribution in [-0.4, -0.2) is 48.3 Å². The van der Waals surface area contributed by atoms with Gasteiger partial charge in [-0.05, 0) is 56.1 Å². The maximum atomic E-state index is 10.9. The smallest absolute Gasteiger partial charge is 0.221 e. The number of nitrogens with zero attached hydrogens (tertiary/aromatic N) is 1. The van der Waals surface area contributed by atoms with E-state index in [9.17, 15) is 9.90 Å². The molecule has 1 fully saturated rings. The maximum Gasteiger partial charge on any atom is 0.221 e. The second-order valence-electron chi connectivity index (χ2n) is 6.15. The summed E-state index contributed by atoms with van der Waals surface area (Å²) in [7, 11) is 0. The number of amides is 1. The number of hydrogen-bond acceptors (Lipinski definition) is 4. The Labute approximate surface area is 132 Å². The average molecular weight is 306 g/mol. The van der Waals surface area contributed by atoms with Crippen LogP contribution in [0.25, 0.3) is 0 Å². The van der Waals surface area contributed by atoms with Crippen LogP contribution in [0.1, 0.15) is 26.7 Å². The molecule has 0 aliphatic carbocycles. The highest BCUT2D eigenvalue weighted by Gasteiger charge is 2.18. The Morgan fingerprint density at radius 1 is 1.36 bits per heavy atom. The fraction of sp³-hybridized carbons (Fsp3) is 0.588. The van der Waals surface area contributed by atoms with Gasteiger partial charge in [0.2, 0.25) is 5.91 Å². The SMILES string of the molecule is CC(=O)Nc1ccc(OCC(O)CN2CCC(C)CC2)cc1. The van der Waals surface area contributed by atoms with Crippen molar-refractivity contribution in [2.45, 2.75) is 32.8 Å². The van der Waals surface area contributed by atoms with Crippen LogP contribution in [0.5, 0.6) is 5.75 Å². The first-order valence-electron chi connectivity index (χ1n) is 7.94. The van der Waals surface area contributed by atoms with Crippen LogP contribution in [0, 0.1) is 5.92 Å². The van der Waals surface area contributed by atoms with Gasteiger partial charge in [-0.1, -0.05) is 6.92 Å². The molecular weight excluding hydrogens is 280 g/mol. The Kier molecular flexibility index (Phi) is 6.21. The van der Waals surface area contributed by atoms with E-state index in [0.717, 1.165) is 24.7 Å². The number of benzene rings is 1. The number of β-amino-alcohol motifs (C(OH)–C–C–N with tert-alkyl or cyclic N) is 1. The third-order valence-corrected chi connectivity index (χ3v) is 3.96. The topological polar surface area (TPSA) is 61.8 Å². The molecule has 1 atom stereocenters. The fourth-order valence-corrected chi connectivity index (χ4v) is 2.63. The van der Waals surface area contributed by atoms with Crippen LogP contribution >= 0.6 is 0 Å². The van der Waals surface area contributed by atoms with Crippen molar-refractivity contribution in [1.82, 2.24) is 4.90 Å². The molecule has 0 radical (unpaired) electrons. The highest BCUT2D eigenvalue weighted by atomic mass is 16.5. The number of anilines is 1.